The van der Waals surface area contributed by atoms with Crippen molar-refractivity contribution in [3.05, 3.63) is 41.3 Å². The fourth-order valence-corrected chi connectivity index (χ4v) is 1.64. The number of hydrogen-bond acceptors (Lipinski definition) is 3. The lowest BCUT2D eigenvalue weighted by Gasteiger charge is -2.14. The summed E-state index contributed by atoms with van der Waals surface area (Å²) in [7, 11) is 0. The van der Waals surface area contributed by atoms with E-state index in [1.54, 1.807) is 6.07 Å². The van der Waals surface area contributed by atoms with Gasteiger partial charge in [-0.3, -0.25) is 9.89 Å². The number of aromatic nitrogens is 2. The number of phenols is 1. The summed E-state index contributed by atoms with van der Waals surface area (Å²) in [6, 6.07) is 5.07. The molecule has 1 aromatic heterocycles. The van der Waals surface area contributed by atoms with Crippen molar-refractivity contribution < 1.29 is 14.3 Å². The molecular weight excluding hydrogens is 261 g/mol. The summed E-state index contributed by atoms with van der Waals surface area (Å²) in [4.78, 5) is 11.9. The molecule has 1 heterocycles. The number of aromatic amines is 1. The number of carbonyl (C=O) groups excluding carboxylic acids is 1. The standard InChI is InChI=1S/C14H16FN3O2/c1-14(2,3)11-7-12(18-17-11)16-13(20)9-5-4-8(19)6-10(9)15/h4-7,19H,1-3H3,(H2,16,17,18,20). The smallest absolute Gasteiger partial charge is 0.259 e. The number of aromatic hydroxyl groups is 1. The van der Waals surface area contributed by atoms with Gasteiger partial charge >= 0.3 is 0 Å². The van der Waals surface area contributed by atoms with Gasteiger partial charge in [-0.25, -0.2) is 4.39 Å². The third-order valence-corrected chi connectivity index (χ3v) is 2.82. The van der Waals surface area contributed by atoms with E-state index in [4.69, 9.17) is 5.11 Å². The highest BCUT2D eigenvalue weighted by Gasteiger charge is 2.18. The first-order valence-corrected chi connectivity index (χ1v) is 6.13. The molecule has 1 amide bonds. The van der Waals surface area contributed by atoms with Crippen molar-refractivity contribution in [1.82, 2.24) is 10.2 Å². The Bertz CT molecular complexity index is 644. The number of H-pyrrole nitrogens is 1. The van der Waals surface area contributed by atoms with Gasteiger partial charge in [0.05, 0.1) is 5.56 Å². The Morgan fingerprint density at radius 3 is 2.60 bits per heavy atom. The number of nitrogens with one attached hydrogen (secondary N) is 2. The van der Waals surface area contributed by atoms with Gasteiger partial charge in [-0.2, -0.15) is 5.10 Å². The second-order valence-electron chi connectivity index (χ2n) is 5.54. The predicted octanol–water partition coefficient (Wildman–Crippen LogP) is 2.80. The van der Waals surface area contributed by atoms with E-state index in [9.17, 15) is 9.18 Å². The zero-order valence-electron chi connectivity index (χ0n) is 11.5. The number of halogens is 1. The maximum atomic E-state index is 13.5. The van der Waals surface area contributed by atoms with Crippen molar-refractivity contribution in [2.75, 3.05) is 5.32 Å². The van der Waals surface area contributed by atoms with Crippen LogP contribution in [0.15, 0.2) is 24.3 Å². The summed E-state index contributed by atoms with van der Waals surface area (Å²) in [5, 5.41) is 18.4. The van der Waals surface area contributed by atoms with Crippen LogP contribution in [0.1, 0.15) is 36.8 Å². The third kappa shape index (κ3) is 2.96. The SMILES string of the molecule is CC(C)(C)c1cc(NC(=O)c2ccc(O)cc2F)n[nH]1. The van der Waals surface area contributed by atoms with Gasteiger partial charge in [-0.05, 0) is 12.1 Å². The molecule has 3 N–H and O–H groups in total. The topological polar surface area (TPSA) is 78.0 Å². The Kier molecular flexibility index (Phi) is 3.48. The number of hydrogen-bond donors (Lipinski definition) is 3. The monoisotopic (exact) mass is 277 g/mol. The quantitative estimate of drug-likeness (QED) is 0.789. The minimum absolute atomic E-state index is 0.125. The Balaban J connectivity index is 2.17. The van der Waals surface area contributed by atoms with Crippen molar-refractivity contribution in [1.29, 1.82) is 0 Å². The Morgan fingerprint density at radius 1 is 1.35 bits per heavy atom. The Labute approximate surface area is 115 Å². The highest BCUT2D eigenvalue weighted by molar-refractivity contribution is 6.04. The molecule has 0 aliphatic carbocycles. The summed E-state index contributed by atoms with van der Waals surface area (Å²) in [6.45, 7) is 6.02. The van der Waals surface area contributed by atoms with Crippen LogP contribution < -0.4 is 5.32 Å². The number of carbonyl (C=O) groups is 1. The molecule has 0 saturated heterocycles. The van der Waals surface area contributed by atoms with Gasteiger partial charge in [0.15, 0.2) is 5.82 Å². The van der Waals surface area contributed by atoms with Crippen LogP contribution in [0.2, 0.25) is 0 Å². The molecule has 2 aromatic rings. The van der Waals surface area contributed by atoms with Crippen LogP contribution in [0.3, 0.4) is 0 Å². The average Bonchev–Trinajstić information content (AvgIpc) is 2.76. The van der Waals surface area contributed by atoms with Crippen LogP contribution in [0.25, 0.3) is 0 Å². The molecule has 20 heavy (non-hydrogen) atoms. The minimum Gasteiger partial charge on any atom is -0.508 e. The average molecular weight is 277 g/mol. The van der Waals surface area contributed by atoms with Gasteiger partial charge in [0, 0.05) is 23.2 Å². The van der Waals surface area contributed by atoms with Crippen LogP contribution in [0.5, 0.6) is 5.75 Å². The first-order valence-electron chi connectivity index (χ1n) is 6.13. The number of anilines is 1. The number of phenolic OH excluding ortho intramolecular Hbond substituents is 1. The van der Waals surface area contributed by atoms with Gasteiger partial charge in [0.1, 0.15) is 11.6 Å². The van der Waals surface area contributed by atoms with Crippen LogP contribution in [-0.4, -0.2) is 21.2 Å². The fourth-order valence-electron chi connectivity index (χ4n) is 1.64. The van der Waals surface area contributed by atoms with Crippen molar-refractivity contribution in [3.63, 3.8) is 0 Å². The molecule has 106 valence electrons. The Morgan fingerprint density at radius 2 is 2.05 bits per heavy atom. The van der Waals surface area contributed by atoms with E-state index < -0.39 is 11.7 Å². The summed E-state index contributed by atoms with van der Waals surface area (Å²) in [6.07, 6.45) is 0. The molecule has 6 heteroatoms. The fraction of sp³-hybridized carbons (Fsp3) is 0.286. The molecule has 2 rings (SSSR count). The van der Waals surface area contributed by atoms with Gasteiger partial charge in [-0.1, -0.05) is 20.8 Å². The van der Waals surface area contributed by atoms with Gasteiger partial charge in [0.25, 0.3) is 5.91 Å². The second-order valence-corrected chi connectivity index (χ2v) is 5.54. The van der Waals surface area contributed by atoms with E-state index in [0.29, 0.717) is 5.82 Å². The van der Waals surface area contributed by atoms with Crippen molar-refractivity contribution in [2.24, 2.45) is 0 Å². The zero-order chi connectivity index (χ0) is 14.9. The van der Waals surface area contributed by atoms with Gasteiger partial charge < -0.3 is 10.4 Å². The maximum Gasteiger partial charge on any atom is 0.259 e. The molecule has 1 aromatic carbocycles. The second kappa shape index (κ2) is 4.96. The molecule has 0 unspecified atom stereocenters. The zero-order valence-corrected chi connectivity index (χ0v) is 11.5. The molecule has 0 fully saturated rings. The van der Waals surface area contributed by atoms with E-state index in [1.165, 1.54) is 12.1 Å². The van der Waals surface area contributed by atoms with Crippen molar-refractivity contribution >= 4 is 11.7 Å². The van der Waals surface area contributed by atoms with Gasteiger partial charge in [0.2, 0.25) is 0 Å². The highest BCUT2D eigenvalue weighted by atomic mass is 19.1. The molecule has 0 spiro atoms. The summed E-state index contributed by atoms with van der Waals surface area (Å²) >= 11 is 0. The molecule has 0 bridgehead atoms. The van der Waals surface area contributed by atoms with Crippen LogP contribution in [-0.2, 0) is 5.41 Å². The van der Waals surface area contributed by atoms with E-state index >= 15 is 0 Å². The van der Waals surface area contributed by atoms with E-state index in [2.05, 4.69) is 15.5 Å². The molecule has 5 nitrogen and oxygen atoms in total. The van der Waals surface area contributed by atoms with Crippen LogP contribution in [0.4, 0.5) is 10.2 Å². The van der Waals surface area contributed by atoms with E-state index in [-0.39, 0.29) is 16.7 Å². The van der Waals surface area contributed by atoms with Gasteiger partial charge in [-0.15, -0.1) is 0 Å². The molecule has 0 radical (unpaired) electrons. The van der Waals surface area contributed by atoms with Crippen molar-refractivity contribution in [2.45, 2.75) is 26.2 Å². The lowest BCUT2D eigenvalue weighted by Crippen LogP contribution is -2.14. The van der Waals surface area contributed by atoms with Crippen LogP contribution >= 0.6 is 0 Å². The lowest BCUT2D eigenvalue weighted by molar-refractivity contribution is 0.102. The first kappa shape index (κ1) is 14.0. The van der Waals surface area contributed by atoms with Crippen LogP contribution in [0, 0.1) is 5.82 Å². The number of rotatable bonds is 2. The molecule has 0 aliphatic rings. The molecule has 0 atom stereocenters. The van der Waals surface area contributed by atoms with Crippen molar-refractivity contribution in [3.8, 4) is 5.75 Å². The summed E-state index contributed by atoms with van der Waals surface area (Å²) in [5.74, 6) is -1.30. The third-order valence-electron chi connectivity index (χ3n) is 2.82. The molecule has 0 aliphatic heterocycles. The normalized spacial score (nSPS) is 11.4. The highest BCUT2D eigenvalue weighted by Crippen LogP contribution is 2.22. The molecular formula is C14H16FN3O2. The summed E-state index contributed by atoms with van der Waals surface area (Å²) < 4.78 is 13.5. The van der Waals surface area contributed by atoms with E-state index in [1.807, 2.05) is 20.8 Å². The predicted molar refractivity (Wildman–Crippen MR) is 73.3 cm³/mol. The minimum atomic E-state index is -0.783. The van der Waals surface area contributed by atoms with E-state index in [0.717, 1.165) is 11.8 Å². The lowest BCUT2D eigenvalue weighted by atomic mass is 9.92. The number of amides is 1. The largest absolute Gasteiger partial charge is 0.508 e. The number of benzene rings is 1. The molecule has 0 saturated carbocycles. The number of nitrogens with zero attached hydrogens (tertiary/aromatic N) is 1. The Hall–Kier alpha value is -2.37. The summed E-state index contributed by atoms with van der Waals surface area (Å²) in [5.41, 5.74) is 0.585. The maximum absolute atomic E-state index is 13.5. The first-order chi connectivity index (χ1) is 9.27.